The van der Waals surface area contributed by atoms with E-state index in [0.717, 1.165) is 24.7 Å². The van der Waals surface area contributed by atoms with E-state index >= 15 is 0 Å². The van der Waals surface area contributed by atoms with Crippen LogP contribution >= 0.6 is 11.6 Å². The molecule has 0 saturated carbocycles. The fourth-order valence-electron chi connectivity index (χ4n) is 2.25. The van der Waals surface area contributed by atoms with Crippen LogP contribution in [0, 0.1) is 0 Å². The normalized spacial score (nSPS) is 19.0. The third kappa shape index (κ3) is 3.68. The lowest BCUT2D eigenvalue weighted by Gasteiger charge is -2.30. The van der Waals surface area contributed by atoms with Crippen LogP contribution in [0.1, 0.15) is 5.56 Å². The van der Waals surface area contributed by atoms with Crippen molar-refractivity contribution < 1.29 is 13.3 Å². The van der Waals surface area contributed by atoms with Crippen LogP contribution < -0.4 is 4.90 Å². The molecule has 0 spiro atoms. The Kier molecular flexibility index (Phi) is 4.27. The van der Waals surface area contributed by atoms with E-state index in [2.05, 4.69) is 6.07 Å². The molecule has 6 heteroatoms. The SMILES string of the molecule is CS(=O)(=O)N1CC[NH+](Cc2cccc(Cl)c2)CC1. The Morgan fingerprint density at radius 2 is 2.00 bits per heavy atom. The molecule has 1 saturated heterocycles. The van der Waals surface area contributed by atoms with Gasteiger partial charge in [-0.2, -0.15) is 4.31 Å². The molecule has 1 aromatic carbocycles. The van der Waals surface area contributed by atoms with Gasteiger partial charge in [0.1, 0.15) is 6.54 Å². The topological polar surface area (TPSA) is 41.8 Å². The second-order valence-electron chi connectivity index (χ2n) is 4.72. The molecule has 1 aliphatic rings. The van der Waals surface area contributed by atoms with Crippen molar-refractivity contribution in [3.05, 3.63) is 34.9 Å². The molecule has 0 aromatic heterocycles. The second kappa shape index (κ2) is 5.57. The number of benzene rings is 1. The van der Waals surface area contributed by atoms with Gasteiger partial charge in [-0.1, -0.05) is 23.7 Å². The minimum Gasteiger partial charge on any atom is -0.329 e. The van der Waals surface area contributed by atoms with Crippen LogP contribution in [0.4, 0.5) is 0 Å². The lowest BCUT2D eigenvalue weighted by molar-refractivity contribution is -0.917. The van der Waals surface area contributed by atoms with E-state index < -0.39 is 10.0 Å². The van der Waals surface area contributed by atoms with Crippen molar-refractivity contribution in [3.63, 3.8) is 0 Å². The average Bonchev–Trinajstić information content (AvgIpc) is 2.28. The number of nitrogens with zero attached hydrogens (tertiary/aromatic N) is 1. The van der Waals surface area contributed by atoms with Gasteiger partial charge in [0, 0.05) is 10.6 Å². The highest BCUT2D eigenvalue weighted by Gasteiger charge is 2.25. The van der Waals surface area contributed by atoms with Gasteiger partial charge in [0.2, 0.25) is 10.0 Å². The molecule has 1 aromatic rings. The lowest BCUT2D eigenvalue weighted by atomic mass is 10.2. The number of quaternary nitrogens is 1. The summed E-state index contributed by atoms with van der Waals surface area (Å²) in [5.41, 5.74) is 1.20. The molecule has 1 fully saturated rings. The number of hydrogen-bond donors (Lipinski definition) is 1. The van der Waals surface area contributed by atoms with Gasteiger partial charge in [-0.15, -0.1) is 0 Å². The van der Waals surface area contributed by atoms with E-state index in [4.69, 9.17) is 11.6 Å². The molecule has 1 heterocycles. The zero-order chi connectivity index (χ0) is 13.2. The fraction of sp³-hybridized carbons (Fsp3) is 0.500. The first kappa shape index (κ1) is 13.8. The minimum atomic E-state index is -3.03. The van der Waals surface area contributed by atoms with E-state index in [1.165, 1.54) is 16.7 Å². The number of sulfonamides is 1. The summed E-state index contributed by atoms with van der Waals surface area (Å²) in [5, 5.41) is 0.752. The minimum absolute atomic E-state index is 0.606. The molecule has 0 atom stereocenters. The Morgan fingerprint density at radius 3 is 2.56 bits per heavy atom. The highest BCUT2D eigenvalue weighted by molar-refractivity contribution is 7.88. The summed E-state index contributed by atoms with van der Waals surface area (Å²) < 4.78 is 24.3. The van der Waals surface area contributed by atoms with E-state index in [-0.39, 0.29) is 0 Å². The maximum absolute atomic E-state index is 11.4. The molecular weight excluding hydrogens is 272 g/mol. The van der Waals surface area contributed by atoms with Gasteiger partial charge in [0.25, 0.3) is 0 Å². The molecule has 1 N–H and O–H groups in total. The number of rotatable bonds is 3. The number of nitrogens with one attached hydrogen (secondary N) is 1. The smallest absolute Gasteiger partial charge is 0.211 e. The summed E-state index contributed by atoms with van der Waals surface area (Å²) in [5.74, 6) is 0. The van der Waals surface area contributed by atoms with Gasteiger partial charge in [0.05, 0.1) is 32.4 Å². The zero-order valence-corrected chi connectivity index (χ0v) is 12.0. The molecule has 0 bridgehead atoms. The molecule has 0 amide bonds. The zero-order valence-electron chi connectivity index (χ0n) is 10.4. The van der Waals surface area contributed by atoms with E-state index in [0.29, 0.717) is 13.1 Å². The van der Waals surface area contributed by atoms with Crippen LogP contribution in [0.5, 0.6) is 0 Å². The van der Waals surface area contributed by atoms with Gasteiger partial charge in [-0.05, 0) is 12.1 Å². The summed E-state index contributed by atoms with van der Waals surface area (Å²) in [6.07, 6.45) is 1.27. The predicted octanol–water partition coefficient (Wildman–Crippen LogP) is 0.000100. The Morgan fingerprint density at radius 1 is 1.33 bits per heavy atom. The van der Waals surface area contributed by atoms with Gasteiger partial charge in [-0.3, -0.25) is 0 Å². The predicted molar refractivity (Wildman–Crippen MR) is 72.3 cm³/mol. The summed E-state index contributed by atoms with van der Waals surface area (Å²) in [6, 6.07) is 7.84. The summed E-state index contributed by atoms with van der Waals surface area (Å²) in [4.78, 5) is 1.40. The third-order valence-electron chi connectivity index (χ3n) is 3.24. The van der Waals surface area contributed by atoms with E-state index in [1.54, 1.807) is 4.31 Å². The van der Waals surface area contributed by atoms with E-state index in [9.17, 15) is 8.42 Å². The molecular formula is C12H18ClN2O2S+. The fourth-order valence-corrected chi connectivity index (χ4v) is 3.31. The quantitative estimate of drug-likeness (QED) is 0.851. The first-order chi connectivity index (χ1) is 8.45. The maximum atomic E-state index is 11.4. The highest BCUT2D eigenvalue weighted by Crippen LogP contribution is 2.09. The van der Waals surface area contributed by atoms with Crippen molar-refractivity contribution in [3.8, 4) is 0 Å². The molecule has 0 aliphatic carbocycles. The van der Waals surface area contributed by atoms with Crippen LogP contribution in [0.2, 0.25) is 5.02 Å². The number of piperazine rings is 1. The summed E-state index contributed by atoms with van der Waals surface area (Å²) in [7, 11) is -3.03. The van der Waals surface area contributed by atoms with Gasteiger partial charge in [0.15, 0.2) is 0 Å². The largest absolute Gasteiger partial charge is 0.329 e. The van der Waals surface area contributed by atoms with Crippen LogP contribution in [0.3, 0.4) is 0 Å². The van der Waals surface area contributed by atoms with Crippen LogP contribution in [0.15, 0.2) is 24.3 Å². The Labute approximate surface area is 113 Å². The van der Waals surface area contributed by atoms with Crippen molar-refractivity contribution in [1.29, 1.82) is 0 Å². The van der Waals surface area contributed by atoms with Crippen LogP contribution in [-0.2, 0) is 16.6 Å². The van der Waals surface area contributed by atoms with E-state index in [1.807, 2.05) is 18.2 Å². The Bertz CT molecular complexity index is 511. The molecule has 1 aliphatic heterocycles. The van der Waals surface area contributed by atoms with Crippen LogP contribution in [-0.4, -0.2) is 45.2 Å². The number of hydrogen-bond acceptors (Lipinski definition) is 2. The highest BCUT2D eigenvalue weighted by atomic mass is 35.5. The molecule has 2 rings (SSSR count). The van der Waals surface area contributed by atoms with Crippen molar-refractivity contribution in [2.24, 2.45) is 0 Å². The van der Waals surface area contributed by atoms with Crippen molar-refractivity contribution in [2.45, 2.75) is 6.54 Å². The van der Waals surface area contributed by atoms with Crippen LogP contribution in [0.25, 0.3) is 0 Å². The van der Waals surface area contributed by atoms with Gasteiger partial charge >= 0.3 is 0 Å². The average molecular weight is 290 g/mol. The lowest BCUT2D eigenvalue weighted by Crippen LogP contribution is -3.13. The standard InChI is InChI=1S/C12H17ClN2O2S/c1-18(16,17)15-7-5-14(6-8-15)10-11-3-2-4-12(13)9-11/h2-4,9H,5-8,10H2,1H3/p+1. The third-order valence-corrected chi connectivity index (χ3v) is 4.78. The monoisotopic (exact) mass is 289 g/mol. The van der Waals surface area contributed by atoms with Gasteiger partial charge < -0.3 is 4.90 Å². The molecule has 0 unspecified atom stereocenters. The van der Waals surface area contributed by atoms with Crippen molar-refractivity contribution >= 4 is 21.6 Å². The summed E-state index contributed by atoms with van der Waals surface area (Å²) in [6.45, 7) is 3.81. The molecule has 0 radical (unpaired) electrons. The Hall–Kier alpha value is -0.620. The second-order valence-corrected chi connectivity index (χ2v) is 7.14. The molecule has 100 valence electrons. The first-order valence-electron chi connectivity index (χ1n) is 5.98. The van der Waals surface area contributed by atoms with Crippen molar-refractivity contribution in [1.82, 2.24) is 4.31 Å². The molecule has 18 heavy (non-hydrogen) atoms. The summed E-state index contributed by atoms with van der Waals surface area (Å²) >= 11 is 5.95. The maximum Gasteiger partial charge on any atom is 0.211 e. The Balaban J connectivity index is 1.91. The van der Waals surface area contributed by atoms with Gasteiger partial charge in [-0.25, -0.2) is 8.42 Å². The molecule has 4 nitrogen and oxygen atoms in total. The number of halogens is 1. The van der Waals surface area contributed by atoms with Crippen molar-refractivity contribution in [2.75, 3.05) is 32.4 Å². The first-order valence-corrected chi connectivity index (χ1v) is 8.21.